The second-order valence-electron chi connectivity index (χ2n) is 7.69. The molecule has 6 nitrogen and oxygen atoms in total. The van der Waals surface area contributed by atoms with E-state index in [1.807, 2.05) is 4.90 Å². The summed E-state index contributed by atoms with van der Waals surface area (Å²) >= 11 is 0. The van der Waals surface area contributed by atoms with E-state index in [4.69, 9.17) is 0 Å². The van der Waals surface area contributed by atoms with E-state index in [1.165, 1.54) is 24.8 Å². The fraction of sp³-hybridized carbons (Fsp3) is 0.636. The second kappa shape index (κ2) is 11.1. The molecular weight excluding hydrogens is 350 g/mol. The van der Waals surface area contributed by atoms with Gasteiger partial charge in [0.2, 0.25) is 5.91 Å². The monoisotopic (exact) mass is 385 g/mol. The van der Waals surface area contributed by atoms with Crippen LogP contribution in [0.1, 0.15) is 50.6 Å². The predicted molar refractivity (Wildman–Crippen MR) is 114 cm³/mol. The minimum absolute atomic E-state index is 0.135. The van der Waals surface area contributed by atoms with Crippen molar-refractivity contribution in [2.75, 3.05) is 45.8 Å². The summed E-state index contributed by atoms with van der Waals surface area (Å²) in [7, 11) is 0. The molecule has 0 spiro atoms. The van der Waals surface area contributed by atoms with Gasteiger partial charge in [-0.3, -0.25) is 9.69 Å². The number of likely N-dealkylation sites (tertiary alicyclic amines) is 2. The van der Waals surface area contributed by atoms with Crippen LogP contribution >= 0.6 is 0 Å². The number of hydrogen-bond acceptors (Lipinski definition) is 3. The van der Waals surface area contributed by atoms with E-state index in [0.29, 0.717) is 6.04 Å². The third kappa shape index (κ3) is 5.96. The highest BCUT2D eigenvalue weighted by atomic mass is 16.2. The van der Waals surface area contributed by atoms with E-state index >= 15 is 0 Å². The first-order valence-electron chi connectivity index (χ1n) is 10.9. The molecule has 2 saturated heterocycles. The molecule has 154 valence electrons. The first-order chi connectivity index (χ1) is 13.8. The molecule has 1 aromatic rings. The van der Waals surface area contributed by atoms with Crippen LogP contribution in [0.2, 0.25) is 0 Å². The van der Waals surface area contributed by atoms with Gasteiger partial charge in [-0.15, -0.1) is 0 Å². The fourth-order valence-electron chi connectivity index (χ4n) is 4.11. The lowest BCUT2D eigenvalue weighted by Gasteiger charge is -2.29. The van der Waals surface area contributed by atoms with Crippen molar-refractivity contribution >= 4 is 11.9 Å². The Labute approximate surface area is 169 Å². The van der Waals surface area contributed by atoms with Crippen LogP contribution in [-0.4, -0.2) is 67.5 Å². The van der Waals surface area contributed by atoms with Gasteiger partial charge in [-0.1, -0.05) is 30.3 Å². The smallest absolute Gasteiger partial charge is 0.244 e. The molecule has 0 radical (unpaired) electrons. The summed E-state index contributed by atoms with van der Waals surface area (Å²) in [6.45, 7) is 7.88. The highest BCUT2D eigenvalue weighted by molar-refractivity contribution is 5.85. The summed E-state index contributed by atoms with van der Waals surface area (Å²) in [6, 6.07) is 11.0. The maximum atomic E-state index is 12.4. The molecule has 2 fully saturated rings. The maximum absolute atomic E-state index is 12.4. The molecule has 2 N–H and O–H groups in total. The molecule has 1 atom stereocenters. The topological polar surface area (TPSA) is 60.0 Å². The number of nitrogens with one attached hydrogen (secondary N) is 2. The van der Waals surface area contributed by atoms with Crippen molar-refractivity contribution in [1.82, 2.24) is 20.4 Å². The SMILES string of the molecule is CCNC(=NCC(=O)N1CCCCC1)NCC(c1ccccc1)N1CCCC1. The highest BCUT2D eigenvalue weighted by Gasteiger charge is 2.23. The molecule has 2 aliphatic heterocycles. The first-order valence-corrected chi connectivity index (χ1v) is 10.9. The molecule has 0 saturated carbocycles. The number of piperidine rings is 1. The third-order valence-electron chi connectivity index (χ3n) is 5.65. The van der Waals surface area contributed by atoms with Crippen molar-refractivity contribution in [2.45, 2.75) is 45.1 Å². The van der Waals surface area contributed by atoms with Crippen molar-refractivity contribution in [3.8, 4) is 0 Å². The Hall–Kier alpha value is -2.08. The molecule has 0 bridgehead atoms. The van der Waals surface area contributed by atoms with Gasteiger partial charge in [0, 0.05) is 26.2 Å². The van der Waals surface area contributed by atoms with Crippen LogP contribution in [0.25, 0.3) is 0 Å². The zero-order valence-corrected chi connectivity index (χ0v) is 17.2. The lowest BCUT2D eigenvalue weighted by molar-refractivity contribution is -0.130. The van der Waals surface area contributed by atoms with Crippen molar-refractivity contribution < 1.29 is 4.79 Å². The van der Waals surface area contributed by atoms with E-state index in [-0.39, 0.29) is 12.5 Å². The largest absolute Gasteiger partial charge is 0.357 e. The Morgan fingerprint density at radius 3 is 2.36 bits per heavy atom. The minimum Gasteiger partial charge on any atom is -0.357 e. The summed E-state index contributed by atoms with van der Waals surface area (Å²) in [5.41, 5.74) is 1.33. The summed E-state index contributed by atoms with van der Waals surface area (Å²) in [5.74, 6) is 0.865. The Kier molecular flexibility index (Phi) is 8.15. The Morgan fingerprint density at radius 1 is 1.00 bits per heavy atom. The van der Waals surface area contributed by atoms with Crippen molar-refractivity contribution in [3.63, 3.8) is 0 Å². The Morgan fingerprint density at radius 2 is 1.68 bits per heavy atom. The average molecular weight is 386 g/mol. The molecule has 1 unspecified atom stereocenters. The van der Waals surface area contributed by atoms with Crippen LogP contribution in [0.4, 0.5) is 0 Å². The number of nitrogens with zero attached hydrogens (tertiary/aromatic N) is 3. The van der Waals surface area contributed by atoms with Crippen molar-refractivity contribution in [3.05, 3.63) is 35.9 Å². The van der Waals surface area contributed by atoms with Gasteiger partial charge in [-0.2, -0.15) is 0 Å². The molecule has 1 aromatic carbocycles. The lowest BCUT2D eigenvalue weighted by atomic mass is 10.1. The summed E-state index contributed by atoms with van der Waals surface area (Å²) in [5, 5.41) is 6.77. The number of carbonyl (C=O) groups is 1. The van der Waals surface area contributed by atoms with E-state index in [9.17, 15) is 4.79 Å². The van der Waals surface area contributed by atoms with Gasteiger partial charge >= 0.3 is 0 Å². The van der Waals surface area contributed by atoms with Gasteiger partial charge < -0.3 is 15.5 Å². The number of amides is 1. The van der Waals surface area contributed by atoms with Crippen molar-refractivity contribution in [1.29, 1.82) is 0 Å². The molecular formula is C22H35N5O. The normalized spacial score (nSPS) is 19.5. The van der Waals surface area contributed by atoms with E-state index in [1.54, 1.807) is 0 Å². The van der Waals surface area contributed by atoms with E-state index in [2.05, 4.69) is 57.8 Å². The van der Waals surface area contributed by atoms with Gasteiger partial charge in [0.05, 0.1) is 6.04 Å². The van der Waals surface area contributed by atoms with E-state index in [0.717, 1.165) is 58.1 Å². The van der Waals surface area contributed by atoms with Crippen LogP contribution < -0.4 is 10.6 Å². The molecule has 6 heteroatoms. The average Bonchev–Trinajstić information content (AvgIpc) is 3.28. The van der Waals surface area contributed by atoms with Crippen LogP contribution in [0.3, 0.4) is 0 Å². The molecule has 2 aliphatic rings. The number of benzene rings is 1. The predicted octanol–water partition coefficient (Wildman–Crippen LogP) is 2.39. The minimum atomic E-state index is 0.135. The highest BCUT2D eigenvalue weighted by Crippen LogP contribution is 2.24. The molecule has 0 aromatic heterocycles. The molecule has 0 aliphatic carbocycles. The molecule has 1 amide bonds. The Balaban J connectivity index is 1.60. The summed E-state index contributed by atoms with van der Waals surface area (Å²) in [6.07, 6.45) is 5.99. The van der Waals surface area contributed by atoms with Gasteiger partial charge in [0.1, 0.15) is 6.54 Å². The van der Waals surface area contributed by atoms with E-state index < -0.39 is 0 Å². The van der Waals surface area contributed by atoms with Crippen LogP contribution in [-0.2, 0) is 4.79 Å². The third-order valence-corrected chi connectivity index (χ3v) is 5.65. The molecule has 3 rings (SSSR count). The number of aliphatic imine (C=N–C) groups is 1. The van der Waals surface area contributed by atoms with Crippen LogP contribution in [0, 0.1) is 0 Å². The van der Waals surface area contributed by atoms with Gasteiger partial charge in [0.25, 0.3) is 0 Å². The molecule has 28 heavy (non-hydrogen) atoms. The number of hydrogen-bond donors (Lipinski definition) is 2. The van der Waals surface area contributed by atoms with Crippen molar-refractivity contribution in [2.24, 2.45) is 4.99 Å². The number of carbonyl (C=O) groups excluding carboxylic acids is 1. The van der Waals surface area contributed by atoms with Crippen LogP contribution in [0.5, 0.6) is 0 Å². The van der Waals surface area contributed by atoms with Gasteiger partial charge in [0.15, 0.2) is 5.96 Å². The fourth-order valence-corrected chi connectivity index (χ4v) is 4.11. The Bertz CT molecular complexity index is 621. The second-order valence-corrected chi connectivity index (χ2v) is 7.69. The zero-order chi connectivity index (χ0) is 19.6. The quantitative estimate of drug-likeness (QED) is 0.559. The van der Waals surface area contributed by atoms with Gasteiger partial charge in [-0.05, 0) is 57.7 Å². The lowest BCUT2D eigenvalue weighted by Crippen LogP contribution is -2.43. The zero-order valence-electron chi connectivity index (χ0n) is 17.2. The first kappa shape index (κ1) is 20.6. The van der Waals surface area contributed by atoms with Crippen LogP contribution in [0.15, 0.2) is 35.3 Å². The summed E-state index contributed by atoms with van der Waals surface area (Å²) < 4.78 is 0. The number of guanidine groups is 1. The standard InChI is InChI=1S/C22H35N5O/c1-2-23-22(25-18-21(28)27-15-7-4-8-16-27)24-17-20(26-13-9-10-14-26)19-11-5-3-6-12-19/h3,5-6,11-12,20H,2,4,7-10,13-18H2,1H3,(H2,23,24,25). The maximum Gasteiger partial charge on any atom is 0.244 e. The number of rotatable bonds is 7. The molecule has 2 heterocycles. The van der Waals surface area contributed by atoms with Gasteiger partial charge in [-0.25, -0.2) is 4.99 Å². The summed E-state index contributed by atoms with van der Waals surface area (Å²) in [4.78, 5) is 21.5.